The van der Waals surface area contributed by atoms with E-state index >= 15 is 0 Å². The highest BCUT2D eigenvalue weighted by molar-refractivity contribution is 5.69. The van der Waals surface area contributed by atoms with Gasteiger partial charge in [0.1, 0.15) is 19.3 Å². The highest BCUT2D eigenvalue weighted by Crippen LogP contribution is 2.14. The average molecular weight is 733 g/mol. The van der Waals surface area contributed by atoms with E-state index in [-0.39, 0.29) is 25.2 Å². The number of unbranched alkanes of at least 4 members (excludes halogenated alkanes) is 30. The smallest absolute Gasteiger partial charge is 0.305 e. The van der Waals surface area contributed by atoms with Gasteiger partial charge in [-0.05, 0) is 64.2 Å². The van der Waals surface area contributed by atoms with Crippen molar-refractivity contribution >= 4 is 11.9 Å². The van der Waals surface area contributed by atoms with Gasteiger partial charge in [-0.15, -0.1) is 0 Å². The fraction of sp³-hybridized carbons (Fsp3) is 0.872. The van der Waals surface area contributed by atoms with Crippen molar-refractivity contribution in [3.05, 3.63) is 24.3 Å². The van der Waals surface area contributed by atoms with Gasteiger partial charge >= 0.3 is 11.9 Å². The first-order valence-electron chi connectivity index (χ1n) is 22.9. The number of aliphatic hydroxyl groups is 1. The maximum Gasteiger partial charge on any atom is 0.305 e. The number of rotatable bonds is 42. The minimum Gasteiger partial charge on any atom is -0.463 e. The van der Waals surface area contributed by atoms with Crippen molar-refractivity contribution in [2.24, 2.45) is 0 Å². The van der Waals surface area contributed by atoms with E-state index in [0.717, 1.165) is 38.5 Å². The molecule has 0 rings (SSSR count). The molecule has 5 nitrogen and oxygen atoms in total. The van der Waals surface area contributed by atoms with E-state index < -0.39 is 6.10 Å². The Morgan fingerprint density at radius 2 is 0.615 bits per heavy atom. The van der Waals surface area contributed by atoms with E-state index in [2.05, 4.69) is 38.2 Å². The lowest BCUT2D eigenvalue weighted by atomic mass is 10.1. The lowest BCUT2D eigenvalue weighted by molar-refractivity contribution is -0.152. The van der Waals surface area contributed by atoms with Crippen molar-refractivity contribution < 1.29 is 24.2 Å². The molecule has 0 aromatic carbocycles. The molecule has 0 spiro atoms. The van der Waals surface area contributed by atoms with Gasteiger partial charge in [0.2, 0.25) is 0 Å². The van der Waals surface area contributed by atoms with Crippen LogP contribution in [0, 0.1) is 0 Å². The van der Waals surface area contributed by atoms with Gasteiger partial charge < -0.3 is 14.6 Å². The number of carbonyl (C=O) groups excluding carboxylic acids is 2. The molecule has 0 atom stereocenters. The molecule has 0 aliphatic carbocycles. The predicted molar refractivity (Wildman–Crippen MR) is 224 cm³/mol. The fourth-order valence-electron chi connectivity index (χ4n) is 6.67. The highest BCUT2D eigenvalue weighted by atomic mass is 16.6. The van der Waals surface area contributed by atoms with E-state index in [1.807, 2.05) is 0 Å². The molecule has 0 aromatic rings. The zero-order valence-corrected chi connectivity index (χ0v) is 34.8. The first kappa shape index (κ1) is 50.4. The molecule has 0 fully saturated rings. The Kier molecular flexibility index (Phi) is 42.4. The molecule has 0 aromatic heterocycles. The molecule has 0 heterocycles. The van der Waals surface area contributed by atoms with Gasteiger partial charge in [-0.3, -0.25) is 9.59 Å². The van der Waals surface area contributed by atoms with Gasteiger partial charge in [0.25, 0.3) is 0 Å². The van der Waals surface area contributed by atoms with Gasteiger partial charge in [-0.2, -0.15) is 0 Å². The van der Waals surface area contributed by atoms with Crippen LogP contribution in [-0.2, 0) is 19.1 Å². The van der Waals surface area contributed by atoms with Gasteiger partial charge in [-0.25, -0.2) is 0 Å². The second kappa shape index (κ2) is 43.8. The Morgan fingerprint density at radius 3 is 0.885 bits per heavy atom. The fourth-order valence-corrected chi connectivity index (χ4v) is 6.67. The molecule has 5 heteroatoms. The number of hydrogen-bond acceptors (Lipinski definition) is 5. The molecule has 0 bridgehead atoms. The average Bonchev–Trinajstić information content (AvgIpc) is 3.15. The lowest BCUT2D eigenvalue weighted by Crippen LogP contribution is -2.25. The Bertz CT molecular complexity index is 727. The lowest BCUT2D eigenvalue weighted by Gasteiger charge is -2.12. The number of hydrogen-bond donors (Lipinski definition) is 1. The van der Waals surface area contributed by atoms with E-state index in [0.29, 0.717) is 12.8 Å². The quantitative estimate of drug-likeness (QED) is 0.0384. The summed E-state index contributed by atoms with van der Waals surface area (Å²) in [6.07, 6.45) is 52.4. The van der Waals surface area contributed by atoms with Crippen LogP contribution >= 0.6 is 0 Å². The van der Waals surface area contributed by atoms with Crippen LogP contribution in [-0.4, -0.2) is 36.4 Å². The van der Waals surface area contributed by atoms with Crippen LogP contribution in [0.5, 0.6) is 0 Å². The van der Waals surface area contributed by atoms with Crippen molar-refractivity contribution in [2.45, 2.75) is 251 Å². The second-order valence-corrected chi connectivity index (χ2v) is 15.5. The maximum atomic E-state index is 12.0. The number of allylic oxidation sites excluding steroid dienone is 4. The Hall–Kier alpha value is -1.62. The molecule has 52 heavy (non-hydrogen) atoms. The Morgan fingerprint density at radius 1 is 0.385 bits per heavy atom. The van der Waals surface area contributed by atoms with Crippen molar-refractivity contribution in [1.82, 2.24) is 0 Å². The number of ether oxygens (including phenoxy) is 2. The summed E-state index contributed by atoms with van der Waals surface area (Å²) in [6.45, 7) is 4.32. The SMILES string of the molecule is CCCCCCCC/C=C\CCCCCCCCCCCC(=O)OCC(O)COC(=O)CCCCCCCCCCC/C=C\CCCCCCCC. The zero-order chi connectivity index (χ0) is 37.8. The van der Waals surface area contributed by atoms with Crippen LogP contribution in [0.4, 0.5) is 0 Å². The van der Waals surface area contributed by atoms with E-state index in [1.165, 1.54) is 180 Å². The van der Waals surface area contributed by atoms with E-state index in [4.69, 9.17) is 9.47 Å². The van der Waals surface area contributed by atoms with E-state index in [1.54, 1.807) is 0 Å². The molecule has 0 aliphatic heterocycles. The summed E-state index contributed by atoms with van der Waals surface area (Å²) < 4.78 is 10.4. The van der Waals surface area contributed by atoms with Crippen molar-refractivity contribution in [3.8, 4) is 0 Å². The predicted octanol–water partition coefficient (Wildman–Crippen LogP) is 14.6. The monoisotopic (exact) mass is 733 g/mol. The Labute approximate surface area is 323 Å². The minimum atomic E-state index is -0.963. The summed E-state index contributed by atoms with van der Waals surface area (Å²) >= 11 is 0. The van der Waals surface area contributed by atoms with E-state index in [9.17, 15) is 14.7 Å². The molecule has 0 radical (unpaired) electrons. The summed E-state index contributed by atoms with van der Waals surface area (Å²) in [5.74, 6) is -0.560. The van der Waals surface area contributed by atoms with Crippen LogP contribution < -0.4 is 0 Å². The van der Waals surface area contributed by atoms with Crippen LogP contribution in [0.2, 0.25) is 0 Å². The third-order valence-corrected chi connectivity index (χ3v) is 10.2. The first-order valence-corrected chi connectivity index (χ1v) is 22.9. The van der Waals surface area contributed by atoms with Crippen LogP contribution in [0.25, 0.3) is 0 Å². The molecular weight excluding hydrogens is 645 g/mol. The topological polar surface area (TPSA) is 72.8 Å². The molecule has 0 unspecified atom stereocenters. The molecule has 0 saturated carbocycles. The van der Waals surface area contributed by atoms with Gasteiger partial charge in [0, 0.05) is 12.8 Å². The number of esters is 2. The molecule has 306 valence electrons. The summed E-state index contributed by atoms with van der Waals surface area (Å²) in [4.78, 5) is 24.0. The van der Waals surface area contributed by atoms with Gasteiger partial charge in [-0.1, -0.05) is 192 Å². The van der Waals surface area contributed by atoms with Crippen LogP contribution in [0.15, 0.2) is 24.3 Å². The summed E-state index contributed by atoms with van der Waals surface area (Å²) in [5.41, 5.74) is 0. The van der Waals surface area contributed by atoms with Crippen LogP contribution in [0.1, 0.15) is 245 Å². The molecule has 0 saturated heterocycles. The number of aliphatic hydroxyl groups excluding tert-OH is 1. The van der Waals surface area contributed by atoms with Crippen molar-refractivity contribution in [3.63, 3.8) is 0 Å². The maximum absolute atomic E-state index is 12.0. The molecule has 1 N–H and O–H groups in total. The third-order valence-electron chi connectivity index (χ3n) is 10.2. The van der Waals surface area contributed by atoms with Gasteiger partial charge in [0.15, 0.2) is 0 Å². The number of carbonyl (C=O) groups is 2. The third kappa shape index (κ3) is 42.8. The summed E-state index contributed by atoms with van der Waals surface area (Å²) in [7, 11) is 0. The normalized spacial score (nSPS) is 11.8. The standard InChI is InChI=1S/C47H88O5/c1-3-5-7-9-11-13-15-17-19-21-23-25-27-29-31-33-35-37-39-41-46(49)51-43-45(48)44-52-47(50)42-40-38-36-34-32-30-28-26-24-22-20-18-16-14-12-10-8-6-4-2/h17-20,45,48H,3-16,21-44H2,1-2H3/b19-17-,20-18-. The minimum absolute atomic E-state index is 0.114. The molecule has 0 aliphatic rings. The molecule has 0 amide bonds. The summed E-state index contributed by atoms with van der Waals surface area (Å²) in [6, 6.07) is 0. The van der Waals surface area contributed by atoms with Gasteiger partial charge in [0.05, 0.1) is 0 Å². The van der Waals surface area contributed by atoms with Crippen LogP contribution in [0.3, 0.4) is 0 Å². The largest absolute Gasteiger partial charge is 0.463 e. The summed E-state index contributed by atoms with van der Waals surface area (Å²) in [5, 5.41) is 10.1. The Balaban J connectivity index is 3.39. The van der Waals surface area contributed by atoms with Crippen molar-refractivity contribution in [1.29, 1.82) is 0 Å². The zero-order valence-electron chi connectivity index (χ0n) is 34.8. The van der Waals surface area contributed by atoms with Crippen molar-refractivity contribution in [2.75, 3.05) is 13.2 Å². The molecular formula is C47H88O5. The second-order valence-electron chi connectivity index (χ2n) is 15.5. The highest BCUT2D eigenvalue weighted by Gasteiger charge is 2.12. The first-order chi connectivity index (χ1) is 25.6.